The number of aryl methyl sites for hydroxylation is 1. The van der Waals surface area contributed by atoms with Gasteiger partial charge in [0.25, 0.3) is 0 Å². The zero-order valence-electron chi connectivity index (χ0n) is 14.0. The van der Waals surface area contributed by atoms with Crippen molar-refractivity contribution in [2.45, 2.75) is 32.6 Å². The molecular formula is C20H22N4. The second-order valence-corrected chi connectivity index (χ2v) is 6.17. The summed E-state index contributed by atoms with van der Waals surface area (Å²) in [6.07, 6.45) is 6.24. The summed E-state index contributed by atoms with van der Waals surface area (Å²) >= 11 is 0. The van der Waals surface area contributed by atoms with Gasteiger partial charge in [-0.15, -0.1) is 0 Å². The van der Waals surface area contributed by atoms with Crippen LogP contribution in [-0.2, 0) is 12.8 Å². The molecule has 24 heavy (non-hydrogen) atoms. The SMILES string of the molecule is CCc1ccccc1-n1nc(-c2ccccn2)c2c1NCCCC2. The Bertz CT molecular complexity index is 836. The number of anilines is 1. The van der Waals surface area contributed by atoms with Gasteiger partial charge in [-0.2, -0.15) is 5.10 Å². The average molecular weight is 318 g/mol. The summed E-state index contributed by atoms with van der Waals surface area (Å²) in [7, 11) is 0. The third-order valence-electron chi connectivity index (χ3n) is 4.64. The standard InChI is InChI=1S/C20H22N4/c1-2-15-9-3-4-12-18(15)24-20-16(10-5-7-14-22-20)19(23-24)17-11-6-8-13-21-17/h3-4,6,8-9,11-13,22H,2,5,7,10,14H2,1H3. The van der Waals surface area contributed by atoms with E-state index in [4.69, 9.17) is 5.10 Å². The third kappa shape index (κ3) is 2.58. The van der Waals surface area contributed by atoms with Gasteiger partial charge in [0.05, 0.1) is 11.4 Å². The van der Waals surface area contributed by atoms with Crippen molar-refractivity contribution in [3.8, 4) is 17.1 Å². The Hall–Kier alpha value is -2.62. The summed E-state index contributed by atoms with van der Waals surface area (Å²) < 4.78 is 2.09. The molecule has 1 N–H and O–H groups in total. The van der Waals surface area contributed by atoms with Gasteiger partial charge in [0, 0.05) is 18.3 Å². The minimum absolute atomic E-state index is 0.949. The maximum Gasteiger partial charge on any atom is 0.133 e. The van der Waals surface area contributed by atoms with Gasteiger partial charge in [-0.25, -0.2) is 4.68 Å². The Morgan fingerprint density at radius 3 is 2.79 bits per heavy atom. The fraction of sp³-hybridized carbons (Fsp3) is 0.300. The zero-order valence-corrected chi connectivity index (χ0v) is 14.0. The van der Waals surface area contributed by atoms with Gasteiger partial charge in [0.1, 0.15) is 11.5 Å². The van der Waals surface area contributed by atoms with Gasteiger partial charge in [0.15, 0.2) is 0 Å². The number of nitrogens with zero attached hydrogens (tertiary/aromatic N) is 3. The predicted octanol–water partition coefficient (Wildman–Crippen LogP) is 4.24. The first-order chi connectivity index (χ1) is 11.9. The summed E-state index contributed by atoms with van der Waals surface area (Å²) in [6.45, 7) is 3.18. The van der Waals surface area contributed by atoms with Crippen LogP contribution in [0.1, 0.15) is 30.9 Å². The minimum atomic E-state index is 0.949. The van der Waals surface area contributed by atoms with Gasteiger partial charge < -0.3 is 5.32 Å². The molecule has 122 valence electrons. The molecule has 1 aliphatic heterocycles. The number of para-hydroxylation sites is 1. The van der Waals surface area contributed by atoms with Crippen LogP contribution in [0.25, 0.3) is 17.1 Å². The van der Waals surface area contributed by atoms with Gasteiger partial charge in [0.2, 0.25) is 0 Å². The fourth-order valence-corrected chi connectivity index (χ4v) is 3.40. The Kier molecular flexibility index (Phi) is 4.03. The highest BCUT2D eigenvalue weighted by atomic mass is 15.3. The Morgan fingerprint density at radius 1 is 1.08 bits per heavy atom. The van der Waals surface area contributed by atoms with Crippen LogP contribution in [0.3, 0.4) is 0 Å². The molecule has 0 unspecified atom stereocenters. The molecule has 0 amide bonds. The average Bonchev–Trinajstić information content (AvgIpc) is 2.83. The topological polar surface area (TPSA) is 42.7 Å². The lowest BCUT2D eigenvalue weighted by molar-refractivity contribution is 0.779. The van der Waals surface area contributed by atoms with Crippen LogP contribution in [0, 0.1) is 0 Å². The first-order valence-electron chi connectivity index (χ1n) is 8.74. The molecule has 0 fully saturated rings. The zero-order chi connectivity index (χ0) is 16.4. The molecular weight excluding hydrogens is 296 g/mol. The maximum absolute atomic E-state index is 4.97. The summed E-state index contributed by atoms with van der Waals surface area (Å²) in [5.74, 6) is 1.13. The first-order valence-corrected chi connectivity index (χ1v) is 8.74. The van der Waals surface area contributed by atoms with Crippen molar-refractivity contribution in [3.63, 3.8) is 0 Å². The van der Waals surface area contributed by atoms with Crippen molar-refractivity contribution in [2.24, 2.45) is 0 Å². The van der Waals surface area contributed by atoms with E-state index in [2.05, 4.69) is 46.2 Å². The Labute approximate surface area is 142 Å². The highest BCUT2D eigenvalue weighted by Crippen LogP contribution is 2.33. The molecule has 2 aromatic heterocycles. The highest BCUT2D eigenvalue weighted by Gasteiger charge is 2.22. The molecule has 0 saturated heterocycles. The van der Waals surface area contributed by atoms with Crippen molar-refractivity contribution in [1.82, 2.24) is 14.8 Å². The fourth-order valence-electron chi connectivity index (χ4n) is 3.40. The van der Waals surface area contributed by atoms with Crippen molar-refractivity contribution in [3.05, 3.63) is 59.8 Å². The molecule has 0 radical (unpaired) electrons. The lowest BCUT2D eigenvalue weighted by Gasteiger charge is -2.12. The first kappa shape index (κ1) is 14.9. The van der Waals surface area contributed by atoms with E-state index in [1.54, 1.807) is 0 Å². The lowest BCUT2D eigenvalue weighted by atomic mass is 10.1. The molecule has 3 aromatic rings. The molecule has 0 saturated carbocycles. The lowest BCUT2D eigenvalue weighted by Crippen LogP contribution is -2.08. The normalized spacial score (nSPS) is 13.9. The number of aromatic nitrogens is 3. The van der Waals surface area contributed by atoms with Crippen molar-refractivity contribution < 1.29 is 0 Å². The van der Waals surface area contributed by atoms with Crippen LogP contribution in [-0.4, -0.2) is 21.3 Å². The molecule has 1 aromatic carbocycles. The predicted molar refractivity (Wildman–Crippen MR) is 97.6 cm³/mol. The van der Waals surface area contributed by atoms with Crippen LogP contribution in [0.5, 0.6) is 0 Å². The van der Waals surface area contributed by atoms with E-state index in [0.717, 1.165) is 42.3 Å². The van der Waals surface area contributed by atoms with Gasteiger partial charge in [-0.05, 0) is 49.4 Å². The van der Waals surface area contributed by atoms with E-state index >= 15 is 0 Å². The van der Waals surface area contributed by atoms with Crippen molar-refractivity contribution in [1.29, 1.82) is 0 Å². The van der Waals surface area contributed by atoms with E-state index < -0.39 is 0 Å². The van der Waals surface area contributed by atoms with E-state index in [1.165, 1.54) is 24.0 Å². The number of nitrogens with one attached hydrogen (secondary N) is 1. The molecule has 1 aliphatic rings. The molecule has 3 heterocycles. The van der Waals surface area contributed by atoms with Crippen LogP contribution in [0.15, 0.2) is 48.7 Å². The largest absolute Gasteiger partial charge is 0.370 e. The minimum Gasteiger partial charge on any atom is -0.370 e. The molecule has 0 bridgehead atoms. The van der Waals surface area contributed by atoms with E-state index in [0.29, 0.717) is 0 Å². The Balaban J connectivity index is 1.93. The smallest absolute Gasteiger partial charge is 0.133 e. The van der Waals surface area contributed by atoms with Crippen LogP contribution < -0.4 is 5.32 Å². The quantitative estimate of drug-likeness (QED) is 0.785. The third-order valence-corrected chi connectivity index (χ3v) is 4.64. The summed E-state index contributed by atoms with van der Waals surface area (Å²) in [6, 6.07) is 14.5. The number of rotatable bonds is 3. The number of fused-ring (bicyclic) bond motifs is 1. The van der Waals surface area contributed by atoms with Crippen molar-refractivity contribution in [2.75, 3.05) is 11.9 Å². The number of hydrogen-bond donors (Lipinski definition) is 1. The molecule has 4 heteroatoms. The molecule has 0 spiro atoms. The van der Waals surface area contributed by atoms with Gasteiger partial charge >= 0.3 is 0 Å². The summed E-state index contributed by atoms with van der Waals surface area (Å²) in [4.78, 5) is 4.53. The molecule has 4 rings (SSSR count). The summed E-state index contributed by atoms with van der Waals surface area (Å²) in [5, 5.41) is 8.58. The van der Waals surface area contributed by atoms with Crippen LogP contribution in [0.2, 0.25) is 0 Å². The summed E-state index contributed by atoms with van der Waals surface area (Å²) in [5.41, 5.74) is 5.71. The second kappa shape index (κ2) is 6.48. The van der Waals surface area contributed by atoms with E-state index in [-0.39, 0.29) is 0 Å². The number of pyridine rings is 1. The van der Waals surface area contributed by atoms with Gasteiger partial charge in [-0.3, -0.25) is 4.98 Å². The van der Waals surface area contributed by atoms with Crippen LogP contribution in [0.4, 0.5) is 5.82 Å². The van der Waals surface area contributed by atoms with E-state index in [1.807, 2.05) is 24.4 Å². The monoisotopic (exact) mass is 318 g/mol. The molecule has 4 nitrogen and oxygen atoms in total. The van der Waals surface area contributed by atoms with Crippen LogP contribution >= 0.6 is 0 Å². The second-order valence-electron chi connectivity index (χ2n) is 6.17. The van der Waals surface area contributed by atoms with Crippen molar-refractivity contribution >= 4 is 5.82 Å². The number of benzene rings is 1. The highest BCUT2D eigenvalue weighted by molar-refractivity contribution is 5.69. The van der Waals surface area contributed by atoms with E-state index in [9.17, 15) is 0 Å². The molecule has 0 atom stereocenters. The Morgan fingerprint density at radius 2 is 1.96 bits per heavy atom. The van der Waals surface area contributed by atoms with Gasteiger partial charge in [-0.1, -0.05) is 31.2 Å². The maximum atomic E-state index is 4.97. The molecule has 0 aliphatic carbocycles. The number of hydrogen-bond acceptors (Lipinski definition) is 3.